The number of H-pyrrole nitrogens is 1. The van der Waals surface area contributed by atoms with Gasteiger partial charge in [0.2, 0.25) is 5.88 Å². The van der Waals surface area contributed by atoms with Crippen molar-refractivity contribution < 1.29 is 4.74 Å². The minimum atomic E-state index is 0.578. The molecule has 0 fully saturated rings. The highest BCUT2D eigenvalue weighted by Crippen LogP contribution is 2.28. The molecule has 5 heteroatoms. The molecule has 1 aromatic carbocycles. The number of rotatable bonds is 2. The number of nitrogens with zero attached hydrogens (tertiary/aromatic N) is 2. The van der Waals surface area contributed by atoms with Gasteiger partial charge in [-0.3, -0.25) is 0 Å². The monoisotopic (exact) mass is 266 g/mol. The fourth-order valence-corrected chi connectivity index (χ4v) is 2.58. The molecule has 0 saturated carbocycles. The number of nitrogens with one attached hydrogen (secondary N) is 2. The third kappa shape index (κ3) is 1.71. The third-order valence-corrected chi connectivity index (χ3v) is 3.62. The van der Waals surface area contributed by atoms with Crippen LogP contribution >= 0.6 is 0 Å². The van der Waals surface area contributed by atoms with Crippen LogP contribution in [-0.2, 0) is 6.42 Å². The zero-order valence-electron chi connectivity index (χ0n) is 11.1. The molecular formula is C15H14N4O. The number of ether oxygens (including phenoxy) is 1. The van der Waals surface area contributed by atoms with Gasteiger partial charge < -0.3 is 15.0 Å². The van der Waals surface area contributed by atoms with Gasteiger partial charge in [-0.25, -0.2) is 4.98 Å². The third-order valence-electron chi connectivity index (χ3n) is 3.62. The summed E-state index contributed by atoms with van der Waals surface area (Å²) >= 11 is 0. The normalized spacial score (nSPS) is 13.2. The van der Waals surface area contributed by atoms with E-state index >= 15 is 0 Å². The van der Waals surface area contributed by atoms with Crippen LogP contribution in [-0.4, -0.2) is 28.6 Å². The molecule has 0 bridgehead atoms. The highest BCUT2D eigenvalue weighted by Gasteiger charge is 2.13. The number of methoxy groups -OCH3 is 1. The Morgan fingerprint density at radius 1 is 1.15 bits per heavy atom. The maximum atomic E-state index is 5.12. The molecule has 1 aliphatic rings. The van der Waals surface area contributed by atoms with Crippen LogP contribution in [0.3, 0.4) is 0 Å². The lowest BCUT2D eigenvalue weighted by molar-refractivity contribution is 0.399. The zero-order chi connectivity index (χ0) is 13.5. The van der Waals surface area contributed by atoms with Crippen LogP contribution in [0.1, 0.15) is 5.56 Å². The van der Waals surface area contributed by atoms with E-state index in [1.54, 1.807) is 7.11 Å². The number of pyridine rings is 1. The Kier molecular flexibility index (Phi) is 2.39. The van der Waals surface area contributed by atoms with Gasteiger partial charge in [0.25, 0.3) is 0 Å². The van der Waals surface area contributed by atoms with Crippen molar-refractivity contribution in [3.8, 4) is 17.3 Å². The number of imidazole rings is 1. The van der Waals surface area contributed by atoms with Crippen molar-refractivity contribution in [1.29, 1.82) is 0 Å². The minimum absolute atomic E-state index is 0.578. The van der Waals surface area contributed by atoms with Gasteiger partial charge in [0, 0.05) is 23.9 Å². The minimum Gasteiger partial charge on any atom is -0.481 e. The number of aromatic nitrogens is 3. The first-order valence-corrected chi connectivity index (χ1v) is 6.61. The van der Waals surface area contributed by atoms with E-state index in [0.29, 0.717) is 11.5 Å². The standard InChI is InChI=1S/C15H14N4O/c1-20-13-5-4-12-15(18-13)19-14(17-12)10-2-3-11-9(8-10)6-7-16-11/h2-5,8,16H,6-7H2,1H3,(H,17,18,19). The molecule has 0 radical (unpaired) electrons. The molecule has 3 aromatic rings. The van der Waals surface area contributed by atoms with Crippen molar-refractivity contribution in [3.63, 3.8) is 0 Å². The zero-order valence-corrected chi connectivity index (χ0v) is 11.1. The molecule has 4 rings (SSSR count). The molecule has 0 spiro atoms. The van der Waals surface area contributed by atoms with Gasteiger partial charge in [-0.05, 0) is 36.2 Å². The van der Waals surface area contributed by atoms with Gasteiger partial charge in [-0.15, -0.1) is 0 Å². The maximum Gasteiger partial charge on any atom is 0.215 e. The van der Waals surface area contributed by atoms with E-state index in [2.05, 4.69) is 38.5 Å². The van der Waals surface area contributed by atoms with Crippen molar-refractivity contribution in [1.82, 2.24) is 15.0 Å². The van der Waals surface area contributed by atoms with Crippen molar-refractivity contribution in [2.24, 2.45) is 0 Å². The molecule has 0 unspecified atom stereocenters. The molecule has 2 N–H and O–H groups in total. The highest BCUT2D eigenvalue weighted by atomic mass is 16.5. The predicted molar refractivity (Wildman–Crippen MR) is 78.1 cm³/mol. The van der Waals surface area contributed by atoms with Crippen molar-refractivity contribution >= 4 is 16.9 Å². The first-order valence-electron chi connectivity index (χ1n) is 6.61. The number of benzene rings is 1. The summed E-state index contributed by atoms with van der Waals surface area (Å²) in [5, 5.41) is 3.36. The molecule has 2 aromatic heterocycles. The Labute approximate surface area is 116 Å². The van der Waals surface area contributed by atoms with Crippen LogP contribution in [0.25, 0.3) is 22.6 Å². The summed E-state index contributed by atoms with van der Waals surface area (Å²) in [7, 11) is 1.61. The molecule has 20 heavy (non-hydrogen) atoms. The summed E-state index contributed by atoms with van der Waals surface area (Å²) in [5.74, 6) is 1.42. The van der Waals surface area contributed by atoms with Crippen LogP contribution in [0, 0.1) is 0 Å². The SMILES string of the molecule is COc1ccc2[nH]c(-c3ccc4c(c3)CCN4)nc2n1. The molecule has 0 saturated heterocycles. The molecule has 0 amide bonds. The van der Waals surface area contributed by atoms with Gasteiger partial charge in [-0.2, -0.15) is 4.98 Å². The van der Waals surface area contributed by atoms with Crippen molar-refractivity contribution in [3.05, 3.63) is 35.9 Å². The largest absolute Gasteiger partial charge is 0.481 e. The van der Waals surface area contributed by atoms with Crippen molar-refractivity contribution in [2.45, 2.75) is 6.42 Å². The van der Waals surface area contributed by atoms with Gasteiger partial charge >= 0.3 is 0 Å². The van der Waals surface area contributed by atoms with E-state index in [4.69, 9.17) is 4.74 Å². The van der Waals surface area contributed by atoms with Gasteiger partial charge in [0.1, 0.15) is 5.82 Å². The lowest BCUT2D eigenvalue weighted by Crippen LogP contribution is -1.90. The van der Waals surface area contributed by atoms with Crippen LogP contribution in [0.2, 0.25) is 0 Å². The van der Waals surface area contributed by atoms with E-state index in [1.165, 1.54) is 11.3 Å². The van der Waals surface area contributed by atoms with E-state index in [9.17, 15) is 0 Å². The molecule has 0 atom stereocenters. The molecular weight excluding hydrogens is 252 g/mol. The highest BCUT2D eigenvalue weighted by molar-refractivity contribution is 5.77. The van der Waals surface area contributed by atoms with E-state index in [-0.39, 0.29) is 0 Å². The number of hydrogen-bond donors (Lipinski definition) is 2. The first-order chi connectivity index (χ1) is 9.83. The molecule has 0 aliphatic carbocycles. The Morgan fingerprint density at radius 3 is 3.00 bits per heavy atom. The number of aromatic amines is 1. The summed E-state index contributed by atoms with van der Waals surface area (Å²) in [6.45, 7) is 1.01. The second-order valence-corrected chi connectivity index (χ2v) is 4.86. The molecule has 5 nitrogen and oxygen atoms in total. The Balaban J connectivity index is 1.81. The topological polar surface area (TPSA) is 62.8 Å². The Hall–Kier alpha value is -2.56. The van der Waals surface area contributed by atoms with E-state index in [0.717, 1.165) is 29.9 Å². The summed E-state index contributed by atoms with van der Waals surface area (Å²) in [6.07, 6.45) is 1.06. The van der Waals surface area contributed by atoms with Crippen LogP contribution in [0.4, 0.5) is 5.69 Å². The quantitative estimate of drug-likeness (QED) is 0.748. The average Bonchev–Trinajstić information content (AvgIpc) is 3.11. The first kappa shape index (κ1) is 11.3. The molecule has 1 aliphatic heterocycles. The summed E-state index contributed by atoms with van der Waals surface area (Å²) < 4.78 is 5.12. The number of anilines is 1. The van der Waals surface area contributed by atoms with Crippen molar-refractivity contribution in [2.75, 3.05) is 19.0 Å². The fraction of sp³-hybridized carbons (Fsp3) is 0.200. The lowest BCUT2D eigenvalue weighted by Gasteiger charge is -2.01. The fourth-order valence-electron chi connectivity index (χ4n) is 2.58. The van der Waals surface area contributed by atoms with Gasteiger partial charge in [0.05, 0.1) is 12.6 Å². The summed E-state index contributed by atoms with van der Waals surface area (Å²) in [6, 6.07) is 10.1. The number of fused-ring (bicyclic) bond motifs is 2. The second-order valence-electron chi connectivity index (χ2n) is 4.86. The van der Waals surface area contributed by atoms with E-state index < -0.39 is 0 Å². The maximum absolute atomic E-state index is 5.12. The van der Waals surface area contributed by atoms with Gasteiger partial charge in [-0.1, -0.05) is 0 Å². The summed E-state index contributed by atoms with van der Waals surface area (Å²) in [5.41, 5.74) is 5.25. The Bertz CT molecular complexity index is 794. The molecule has 3 heterocycles. The summed E-state index contributed by atoms with van der Waals surface area (Å²) in [4.78, 5) is 12.2. The second kappa shape index (κ2) is 4.23. The lowest BCUT2D eigenvalue weighted by atomic mass is 10.1. The number of hydrogen-bond acceptors (Lipinski definition) is 4. The van der Waals surface area contributed by atoms with Crippen LogP contribution in [0.15, 0.2) is 30.3 Å². The van der Waals surface area contributed by atoms with Crippen LogP contribution < -0.4 is 10.1 Å². The predicted octanol–water partition coefficient (Wildman–Crippen LogP) is 2.60. The average molecular weight is 266 g/mol. The van der Waals surface area contributed by atoms with Crippen LogP contribution in [0.5, 0.6) is 5.88 Å². The smallest absolute Gasteiger partial charge is 0.215 e. The molecule has 100 valence electrons. The Morgan fingerprint density at radius 2 is 2.10 bits per heavy atom. The van der Waals surface area contributed by atoms with E-state index in [1.807, 2.05) is 12.1 Å². The van der Waals surface area contributed by atoms with Gasteiger partial charge in [0.15, 0.2) is 5.65 Å².